The van der Waals surface area contributed by atoms with Crippen molar-refractivity contribution in [3.05, 3.63) is 47.5 Å². The smallest absolute Gasteiger partial charge is 0.0303 e. The van der Waals surface area contributed by atoms with Crippen LogP contribution in [0.5, 0.6) is 0 Å². The molecule has 1 atom stereocenters. The van der Waals surface area contributed by atoms with E-state index in [4.69, 9.17) is 5.73 Å². The summed E-state index contributed by atoms with van der Waals surface area (Å²) in [5.41, 5.74) is 9.51. The van der Waals surface area contributed by atoms with Crippen molar-refractivity contribution in [3.63, 3.8) is 0 Å². The molecule has 0 bridgehead atoms. The number of nitrogens with two attached hydrogens (primary N) is 1. The molecule has 0 saturated heterocycles. The molecular formula is C23H36ClN. The summed E-state index contributed by atoms with van der Waals surface area (Å²) in [6.07, 6.45) is 12.9. The third kappa shape index (κ3) is 6.64. The van der Waals surface area contributed by atoms with Crippen LogP contribution >= 0.6 is 12.4 Å². The first-order chi connectivity index (χ1) is 11.8. The van der Waals surface area contributed by atoms with Gasteiger partial charge in [0.25, 0.3) is 0 Å². The molecule has 140 valence electrons. The van der Waals surface area contributed by atoms with Crippen LogP contribution in [0.15, 0.2) is 36.4 Å². The first kappa shape index (κ1) is 22.0. The van der Waals surface area contributed by atoms with Gasteiger partial charge in [0, 0.05) is 6.04 Å². The lowest BCUT2D eigenvalue weighted by molar-refractivity contribution is 0.540. The number of halogens is 1. The molecule has 2 aromatic carbocycles. The molecule has 1 unspecified atom stereocenters. The molecule has 0 saturated carbocycles. The van der Waals surface area contributed by atoms with Crippen LogP contribution in [0.1, 0.15) is 88.8 Å². The summed E-state index contributed by atoms with van der Waals surface area (Å²) in [5.74, 6) is 0. The summed E-state index contributed by atoms with van der Waals surface area (Å²) < 4.78 is 0. The van der Waals surface area contributed by atoms with Gasteiger partial charge in [-0.2, -0.15) is 0 Å². The zero-order valence-corrected chi connectivity index (χ0v) is 16.9. The van der Waals surface area contributed by atoms with Crippen molar-refractivity contribution >= 4 is 23.2 Å². The average molecular weight is 362 g/mol. The molecule has 0 spiro atoms. The van der Waals surface area contributed by atoms with Gasteiger partial charge in [-0.25, -0.2) is 0 Å². The molecule has 0 aliphatic rings. The Hall–Kier alpha value is -1.05. The van der Waals surface area contributed by atoms with E-state index in [1.54, 1.807) is 0 Å². The SMILES string of the molecule is CCCCCCCCCC(N)c1c(CCC)ccc2ccccc12.Cl. The minimum atomic E-state index is 0. The Morgan fingerprint density at radius 3 is 2.20 bits per heavy atom. The minimum absolute atomic E-state index is 0. The Bertz CT molecular complexity index is 608. The largest absolute Gasteiger partial charge is 0.324 e. The molecule has 0 aliphatic carbocycles. The van der Waals surface area contributed by atoms with E-state index in [-0.39, 0.29) is 18.4 Å². The van der Waals surface area contributed by atoms with Gasteiger partial charge in [-0.15, -0.1) is 12.4 Å². The predicted octanol–water partition coefficient (Wildman–Crippen LogP) is 7.35. The number of rotatable bonds is 11. The van der Waals surface area contributed by atoms with Crippen LogP contribution < -0.4 is 5.73 Å². The van der Waals surface area contributed by atoms with Gasteiger partial charge in [0.15, 0.2) is 0 Å². The lowest BCUT2D eigenvalue weighted by Gasteiger charge is -2.19. The zero-order valence-electron chi connectivity index (χ0n) is 16.1. The molecule has 0 radical (unpaired) electrons. The summed E-state index contributed by atoms with van der Waals surface area (Å²) >= 11 is 0. The highest BCUT2D eigenvalue weighted by Gasteiger charge is 2.14. The van der Waals surface area contributed by atoms with Gasteiger partial charge < -0.3 is 5.73 Å². The van der Waals surface area contributed by atoms with Gasteiger partial charge in [0.1, 0.15) is 0 Å². The molecule has 0 heterocycles. The van der Waals surface area contributed by atoms with Crippen molar-refractivity contribution in [1.82, 2.24) is 0 Å². The van der Waals surface area contributed by atoms with Crippen molar-refractivity contribution in [3.8, 4) is 0 Å². The second-order valence-electron chi connectivity index (χ2n) is 7.13. The number of aryl methyl sites for hydroxylation is 1. The number of unbranched alkanes of at least 4 members (excludes halogenated alkanes) is 6. The van der Waals surface area contributed by atoms with Crippen LogP contribution in [0.25, 0.3) is 10.8 Å². The molecule has 25 heavy (non-hydrogen) atoms. The summed E-state index contributed by atoms with van der Waals surface area (Å²) in [6, 6.07) is 13.4. The molecular weight excluding hydrogens is 326 g/mol. The van der Waals surface area contributed by atoms with Crippen LogP contribution in [0, 0.1) is 0 Å². The highest BCUT2D eigenvalue weighted by Crippen LogP contribution is 2.30. The van der Waals surface area contributed by atoms with Crippen LogP contribution in [-0.2, 0) is 6.42 Å². The van der Waals surface area contributed by atoms with E-state index in [9.17, 15) is 0 Å². The molecule has 2 heteroatoms. The lowest BCUT2D eigenvalue weighted by atomic mass is 9.89. The van der Waals surface area contributed by atoms with E-state index in [1.165, 1.54) is 73.3 Å². The molecule has 2 rings (SSSR count). The Balaban J connectivity index is 0.00000312. The maximum atomic E-state index is 6.65. The van der Waals surface area contributed by atoms with E-state index in [1.807, 2.05) is 0 Å². The summed E-state index contributed by atoms with van der Waals surface area (Å²) in [7, 11) is 0. The van der Waals surface area contributed by atoms with Gasteiger partial charge in [-0.1, -0.05) is 102 Å². The van der Waals surface area contributed by atoms with Crippen molar-refractivity contribution in [2.75, 3.05) is 0 Å². The van der Waals surface area contributed by atoms with Crippen LogP contribution in [0.2, 0.25) is 0 Å². The maximum Gasteiger partial charge on any atom is 0.0303 e. The first-order valence-electron chi connectivity index (χ1n) is 10.0. The second kappa shape index (κ2) is 12.3. The average Bonchev–Trinajstić information content (AvgIpc) is 2.61. The van der Waals surface area contributed by atoms with Crippen LogP contribution in [0.4, 0.5) is 0 Å². The fourth-order valence-electron chi connectivity index (χ4n) is 3.73. The highest BCUT2D eigenvalue weighted by molar-refractivity contribution is 5.87. The van der Waals surface area contributed by atoms with Gasteiger partial charge in [-0.05, 0) is 34.7 Å². The van der Waals surface area contributed by atoms with Gasteiger partial charge in [-0.3, -0.25) is 0 Å². The molecule has 0 amide bonds. The van der Waals surface area contributed by atoms with E-state index in [0.717, 1.165) is 12.8 Å². The van der Waals surface area contributed by atoms with Crippen LogP contribution in [0.3, 0.4) is 0 Å². The number of hydrogen-bond donors (Lipinski definition) is 1. The molecule has 0 fully saturated rings. The van der Waals surface area contributed by atoms with Crippen molar-refractivity contribution < 1.29 is 0 Å². The number of hydrogen-bond acceptors (Lipinski definition) is 1. The van der Waals surface area contributed by atoms with Gasteiger partial charge >= 0.3 is 0 Å². The lowest BCUT2D eigenvalue weighted by Crippen LogP contribution is -2.13. The minimum Gasteiger partial charge on any atom is -0.324 e. The van der Waals surface area contributed by atoms with E-state index in [0.29, 0.717) is 0 Å². The molecule has 2 aromatic rings. The fraction of sp³-hybridized carbons (Fsp3) is 0.565. The Morgan fingerprint density at radius 1 is 0.800 bits per heavy atom. The normalized spacial score (nSPS) is 12.1. The van der Waals surface area contributed by atoms with Crippen molar-refractivity contribution in [2.24, 2.45) is 5.73 Å². The van der Waals surface area contributed by atoms with Gasteiger partial charge in [0.2, 0.25) is 0 Å². The Kier molecular flexibility index (Phi) is 10.8. The quantitative estimate of drug-likeness (QED) is 0.416. The van der Waals surface area contributed by atoms with E-state index in [2.05, 4.69) is 50.2 Å². The maximum absolute atomic E-state index is 6.65. The third-order valence-corrected chi connectivity index (χ3v) is 5.07. The fourth-order valence-corrected chi connectivity index (χ4v) is 3.73. The predicted molar refractivity (Wildman–Crippen MR) is 115 cm³/mol. The highest BCUT2D eigenvalue weighted by atomic mass is 35.5. The van der Waals surface area contributed by atoms with Crippen molar-refractivity contribution in [1.29, 1.82) is 0 Å². The number of fused-ring (bicyclic) bond motifs is 1. The molecule has 1 nitrogen and oxygen atoms in total. The second-order valence-corrected chi connectivity index (χ2v) is 7.13. The molecule has 2 N–H and O–H groups in total. The number of benzene rings is 2. The van der Waals surface area contributed by atoms with Gasteiger partial charge in [0.05, 0.1) is 0 Å². The van der Waals surface area contributed by atoms with Crippen molar-refractivity contribution in [2.45, 2.75) is 84.1 Å². The summed E-state index contributed by atoms with van der Waals surface area (Å²) in [4.78, 5) is 0. The van der Waals surface area contributed by atoms with Crippen LogP contribution in [-0.4, -0.2) is 0 Å². The Morgan fingerprint density at radius 2 is 1.48 bits per heavy atom. The van der Waals surface area contributed by atoms with E-state index >= 15 is 0 Å². The monoisotopic (exact) mass is 361 g/mol. The third-order valence-electron chi connectivity index (χ3n) is 5.07. The Labute approximate surface area is 160 Å². The topological polar surface area (TPSA) is 26.0 Å². The zero-order chi connectivity index (χ0) is 17.2. The standard InChI is InChI=1S/C23H35N.ClH/c1-3-5-6-7-8-9-10-16-22(24)23-20(13-4-2)18-17-19-14-11-12-15-21(19)23;/h11-12,14-15,17-18,22H,3-10,13,16,24H2,1-2H3;1H. The first-order valence-corrected chi connectivity index (χ1v) is 10.0. The summed E-state index contributed by atoms with van der Waals surface area (Å²) in [5, 5.41) is 2.68. The molecule has 0 aliphatic heterocycles. The molecule has 0 aromatic heterocycles. The summed E-state index contributed by atoms with van der Waals surface area (Å²) in [6.45, 7) is 4.53. The van der Waals surface area contributed by atoms with E-state index < -0.39 is 0 Å².